The summed E-state index contributed by atoms with van der Waals surface area (Å²) in [5.74, 6) is -4.46. The van der Waals surface area contributed by atoms with Crippen molar-refractivity contribution < 1.29 is 40.3 Å². The van der Waals surface area contributed by atoms with Gasteiger partial charge in [0.1, 0.15) is 11.5 Å². The van der Waals surface area contributed by atoms with Crippen molar-refractivity contribution in [1.82, 2.24) is 24.4 Å². The van der Waals surface area contributed by atoms with Crippen LogP contribution in [0.2, 0.25) is 0 Å². The Balaban J connectivity index is 0.000000617. The summed E-state index contributed by atoms with van der Waals surface area (Å²) >= 11 is 0. The summed E-state index contributed by atoms with van der Waals surface area (Å²) in [5, 5.41) is 15.2. The van der Waals surface area contributed by atoms with Crippen LogP contribution < -0.4 is 14.9 Å². The van der Waals surface area contributed by atoms with Crippen molar-refractivity contribution in [3.05, 3.63) is 78.8 Å². The van der Waals surface area contributed by atoms with Crippen LogP contribution in [0, 0.1) is 11.6 Å². The number of nitrogens with zero attached hydrogens (tertiary/aromatic N) is 5. The highest BCUT2D eigenvalue weighted by atomic mass is 32.2. The molecule has 1 aliphatic heterocycles. The smallest absolute Gasteiger partial charge is 0.475 e. The summed E-state index contributed by atoms with van der Waals surface area (Å²) in [6.07, 6.45) is -0.297. The highest BCUT2D eigenvalue weighted by Gasteiger charge is 2.38. The molecule has 4 aromatic rings. The second kappa shape index (κ2) is 14.2. The standard InChI is InChI=1S/C27H29F2N7O2S.C2HF3O2/c1-3-34(2)39(37,38)33-25-17-20(28)16-23(26(25)29)24-18-36(32-27(24)19-8-10-30-11-9-19)22-6-4-21(5-7-22)35-14-12-31-13-15-35;3-2(4,5)1(6)7/h4-11,16-18,31,33H,3,12-15H2,1-2H3;(H,6,7). The van der Waals surface area contributed by atoms with Crippen molar-refractivity contribution in [3.8, 4) is 28.1 Å². The monoisotopic (exact) mass is 667 g/mol. The first-order chi connectivity index (χ1) is 21.7. The Morgan fingerprint density at radius 3 is 2.17 bits per heavy atom. The zero-order valence-electron chi connectivity index (χ0n) is 24.6. The quantitative estimate of drug-likeness (QED) is 0.234. The van der Waals surface area contributed by atoms with E-state index in [4.69, 9.17) is 15.0 Å². The minimum atomic E-state index is -5.08. The molecule has 2 aromatic heterocycles. The number of nitrogens with one attached hydrogen (secondary N) is 2. The molecule has 17 heteroatoms. The molecule has 1 saturated heterocycles. The van der Waals surface area contributed by atoms with Crippen molar-refractivity contribution in [2.75, 3.05) is 49.4 Å². The molecule has 5 rings (SSSR count). The van der Waals surface area contributed by atoms with Gasteiger partial charge in [-0.25, -0.2) is 18.3 Å². The van der Waals surface area contributed by atoms with E-state index in [1.165, 1.54) is 7.05 Å². The third-order valence-electron chi connectivity index (χ3n) is 6.93. The largest absolute Gasteiger partial charge is 0.490 e. The molecule has 0 spiro atoms. The van der Waals surface area contributed by atoms with Gasteiger partial charge >= 0.3 is 22.4 Å². The van der Waals surface area contributed by atoms with Crippen molar-refractivity contribution >= 4 is 27.6 Å². The van der Waals surface area contributed by atoms with Crippen LogP contribution in [0.25, 0.3) is 28.1 Å². The first-order valence-electron chi connectivity index (χ1n) is 13.8. The summed E-state index contributed by atoms with van der Waals surface area (Å²) in [6.45, 7) is 5.47. The Morgan fingerprint density at radius 2 is 1.61 bits per heavy atom. The van der Waals surface area contributed by atoms with Crippen LogP contribution in [0.1, 0.15) is 6.92 Å². The van der Waals surface area contributed by atoms with Gasteiger partial charge in [0.25, 0.3) is 0 Å². The van der Waals surface area contributed by atoms with E-state index in [2.05, 4.69) is 19.9 Å². The lowest BCUT2D eigenvalue weighted by molar-refractivity contribution is -0.192. The molecule has 0 aliphatic carbocycles. The Morgan fingerprint density at radius 1 is 1.02 bits per heavy atom. The van der Waals surface area contributed by atoms with Crippen LogP contribution >= 0.6 is 0 Å². The zero-order valence-corrected chi connectivity index (χ0v) is 25.4. The number of alkyl halides is 3. The molecule has 0 saturated carbocycles. The summed E-state index contributed by atoms with van der Waals surface area (Å²) in [4.78, 5) is 15.2. The van der Waals surface area contributed by atoms with Crippen LogP contribution in [0.15, 0.2) is 67.1 Å². The second-order valence-electron chi connectivity index (χ2n) is 9.96. The van der Waals surface area contributed by atoms with Crippen molar-refractivity contribution in [2.24, 2.45) is 0 Å². The minimum absolute atomic E-state index is 0.123. The fraction of sp³-hybridized carbons (Fsp3) is 0.276. The molecule has 0 amide bonds. The van der Waals surface area contributed by atoms with E-state index in [1.54, 1.807) is 42.3 Å². The fourth-order valence-electron chi connectivity index (χ4n) is 4.41. The summed E-state index contributed by atoms with van der Waals surface area (Å²) in [5.41, 5.74) is 2.56. The van der Waals surface area contributed by atoms with E-state index < -0.39 is 39.7 Å². The number of hydrogen-bond acceptors (Lipinski definition) is 7. The molecule has 46 heavy (non-hydrogen) atoms. The number of aromatic nitrogens is 3. The molecular weight excluding hydrogens is 637 g/mol. The van der Waals surface area contributed by atoms with Gasteiger partial charge in [-0.3, -0.25) is 9.71 Å². The van der Waals surface area contributed by atoms with Crippen LogP contribution in [-0.4, -0.2) is 84.5 Å². The fourth-order valence-corrected chi connectivity index (χ4v) is 5.33. The normalized spacial score (nSPS) is 13.7. The number of rotatable bonds is 8. The van der Waals surface area contributed by atoms with Crippen LogP contribution in [-0.2, 0) is 15.0 Å². The van der Waals surface area contributed by atoms with Gasteiger partial charge in [0, 0.05) is 86.8 Å². The lowest BCUT2D eigenvalue weighted by Crippen LogP contribution is -2.43. The highest BCUT2D eigenvalue weighted by molar-refractivity contribution is 7.90. The lowest BCUT2D eigenvalue weighted by Gasteiger charge is -2.29. The molecule has 3 heterocycles. The summed E-state index contributed by atoms with van der Waals surface area (Å²) in [6, 6.07) is 13.2. The third-order valence-corrected chi connectivity index (χ3v) is 8.49. The molecule has 3 N–H and O–H groups in total. The Kier molecular flexibility index (Phi) is 10.6. The van der Waals surface area contributed by atoms with Crippen molar-refractivity contribution in [3.63, 3.8) is 0 Å². The van der Waals surface area contributed by atoms with Gasteiger partial charge in [-0.15, -0.1) is 0 Å². The van der Waals surface area contributed by atoms with Gasteiger partial charge < -0.3 is 15.3 Å². The van der Waals surface area contributed by atoms with E-state index in [9.17, 15) is 26.0 Å². The molecule has 11 nitrogen and oxygen atoms in total. The predicted octanol–water partition coefficient (Wildman–Crippen LogP) is 4.53. The van der Waals surface area contributed by atoms with Crippen LogP contribution in [0.5, 0.6) is 0 Å². The molecule has 1 fully saturated rings. The third kappa shape index (κ3) is 8.15. The zero-order chi connectivity index (χ0) is 33.6. The first kappa shape index (κ1) is 34.3. The second-order valence-corrected chi connectivity index (χ2v) is 11.7. The number of anilines is 2. The first-order valence-corrected chi connectivity index (χ1v) is 15.2. The SMILES string of the molecule is CCN(C)S(=O)(=O)Nc1cc(F)cc(-c2cn(-c3ccc(N4CCNCC4)cc3)nc2-c2ccncc2)c1F.O=C(O)C(F)(F)F. The molecule has 246 valence electrons. The molecule has 1 aliphatic rings. The highest BCUT2D eigenvalue weighted by Crippen LogP contribution is 2.37. The van der Waals surface area contributed by atoms with Crippen molar-refractivity contribution in [2.45, 2.75) is 13.1 Å². The van der Waals surface area contributed by atoms with E-state index >= 15 is 4.39 Å². The number of halogens is 5. The van der Waals surface area contributed by atoms with Crippen LogP contribution in [0.3, 0.4) is 0 Å². The Hall–Kier alpha value is -4.61. The number of aliphatic carboxylic acids is 1. The number of carboxylic acids is 1. The average molecular weight is 668 g/mol. The average Bonchev–Trinajstić information content (AvgIpc) is 3.48. The van der Waals surface area contributed by atoms with Gasteiger partial charge in [-0.1, -0.05) is 6.92 Å². The summed E-state index contributed by atoms with van der Waals surface area (Å²) < 4.78 is 92.2. The van der Waals surface area contributed by atoms with Crippen LogP contribution in [0.4, 0.5) is 33.3 Å². The molecular formula is C29H30F5N7O4S. The number of pyridine rings is 1. The maximum absolute atomic E-state index is 15.8. The number of carbonyl (C=O) groups is 1. The molecule has 0 bridgehead atoms. The van der Waals surface area contributed by atoms with Gasteiger partial charge in [-0.2, -0.15) is 31.0 Å². The van der Waals surface area contributed by atoms with E-state index in [0.29, 0.717) is 16.8 Å². The van der Waals surface area contributed by atoms with E-state index in [1.807, 2.05) is 24.3 Å². The number of piperazine rings is 1. The molecule has 0 atom stereocenters. The molecule has 0 unspecified atom stereocenters. The van der Waals surface area contributed by atoms with Gasteiger partial charge in [-0.05, 0) is 42.5 Å². The number of hydrogen-bond donors (Lipinski definition) is 3. The maximum atomic E-state index is 15.8. The Labute approximate surface area is 261 Å². The predicted molar refractivity (Wildman–Crippen MR) is 162 cm³/mol. The van der Waals surface area contributed by atoms with Crippen molar-refractivity contribution in [1.29, 1.82) is 0 Å². The van der Waals surface area contributed by atoms with Gasteiger partial charge in [0.05, 0.1) is 11.4 Å². The minimum Gasteiger partial charge on any atom is -0.475 e. The van der Waals surface area contributed by atoms with Gasteiger partial charge in [0.15, 0.2) is 5.82 Å². The maximum Gasteiger partial charge on any atom is 0.490 e. The van der Waals surface area contributed by atoms with E-state index in [-0.39, 0.29) is 12.1 Å². The topological polar surface area (TPSA) is 133 Å². The Bertz CT molecular complexity index is 1760. The van der Waals surface area contributed by atoms with E-state index in [0.717, 1.165) is 54.0 Å². The number of carboxylic acid groups (broad SMARTS) is 1. The lowest BCUT2D eigenvalue weighted by atomic mass is 10.0. The molecule has 2 aromatic carbocycles. The molecule has 0 radical (unpaired) electrons. The number of benzene rings is 2. The summed E-state index contributed by atoms with van der Waals surface area (Å²) in [7, 11) is -2.73. The van der Waals surface area contributed by atoms with Gasteiger partial charge in [0.2, 0.25) is 0 Å².